The smallest absolute Gasteiger partial charge is 0.270 e. The Morgan fingerprint density at radius 1 is 1.10 bits per heavy atom. The third-order valence-corrected chi connectivity index (χ3v) is 7.95. The molecule has 0 saturated carbocycles. The van der Waals surface area contributed by atoms with Gasteiger partial charge in [-0.1, -0.05) is 12.1 Å². The van der Waals surface area contributed by atoms with Gasteiger partial charge in [0.15, 0.2) is 9.84 Å². The molecule has 0 N–H and O–H groups in total. The van der Waals surface area contributed by atoms with Gasteiger partial charge in [-0.05, 0) is 37.5 Å². The number of hydrogen-bond donors (Lipinski definition) is 0. The Labute approximate surface area is 177 Å². The summed E-state index contributed by atoms with van der Waals surface area (Å²) >= 11 is 0. The minimum absolute atomic E-state index is 0.0664. The van der Waals surface area contributed by atoms with Crippen LogP contribution in [0.25, 0.3) is 0 Å². The normalized spacial score (nSPS) is 24.8. The second-order valence-corrected chi connectivity index (χ2v) is 10.7. The zero-order valence-corrected chi connectivity index (χ0v) is 18.3. The summed E-state index contributed by atoms with van der Waals surface area (Å²) in [6.45, 7) is 6.31. The topological polar surface area (TPSA) is 90.4 Å². The Balaban J connectivity index is 1.44. The van der Waals surface area contributed by atoms with E-state index in [1.54, 1.807) is 4.90 Å². The highest BCUT2D eigenvalue weighted by Gasteiger charge is 2.35. The van der Waals surface area contributed by atoms with Gasteiger partial charge in [0.2, 0.25) is 5.91 Å². The third kappa shape index (κ3) is 4.27. The van der Waals surface area contributed by atoms with Gasteiger partial charge < -0.3 is 4.90 Å². The van der Waals surface area contributed by atoms with E-state index in [0.717, 1.165) is 16.8 Å². The van der Waals surface area contributed by atoms with Crippen molar-refractivity contribution in [2.24, 2.45) is 5.10 Å². The Morgan fingerprint density at radius 3 is 2.50 bits per heavy atom. The quantitative estimate of drug-likeness (QED) is 0.714. The summed E-state index contributed by atoms with van der Waals surface area (Å²) in [5.74, 6) is 0.250. The van der Waals surface area contributed by atoms with Gasteiger partial charge in [0.05, 0.1) is 17.2 Å². The van der Waals surface area contributed by atoms with E-state index in [0.29, 0.717) is 44.7 Å². The first kappa shape index (κ1) is 21.0. The lowest BCUT2D eigenvalue weighted by molar-refractivity contribution is -0.126. The number of sulfone groups is 1. The summed E-state index contributed by atoms with van der Waals surface area (Å²) in [4.78, 5) is 29.5. The molecule has 0 radical (unpaired) electrons. The molecule has 2 saturated heterocycles. The summed E-state index contributed by atoms with van der Waals surface area (Å²) in [5, 5.41) is 5.82. The summed E-state index contributed by atoms with van der Waals surface area (Å²) in [6.07, 6.45) is 1.29. The first-order chi connectivity index (χ1) is 14.2. The molecule has 1 atom stereocenters. The third-order valence-electron chi connectivity index (χ3n) is 6.20. The van der Waals surface area contributed by atoms with E-state index in [1.165, 1.54) is 5.01 Å². The van der Waals surface area contributed by atoms with Crippen molar-refractivity contribution >= 4 is 33.1 Å². The average molecular weight is 433 g/mol. The molecule has 0 spiro atoms. The molecule has 1 unspecified atom stereocenters. The highest BCUT2D eigenvalue weighted by Crippen LogP contribution is 2.26. The number of rotatable bonds is 3. The molecule has 2 amide bonds. The summed E-state index contributed by atoms with van der Waals surface area (Å²) in [6, 6.07) is 5.92. The van der Waals surface area contributed by atoms with Crippen LogP contribution in [-0.4, -0.2) is 79.5 Å². The Kier molecular flexibility index (Phi) is 5.67. The van der Waals surface area contributed by atoms with Crippen molar-refractivity contribution < 1.29 is 18.0 Å². The Hall–Kier alpha value is -2.26. The Bertz CT molecular complexity index is 996. The van der Waals surface area contributed by atoms with Crippen molar-refractivity contribution in [1.29, 1.82) is 0 Å². The molecule has 162 valence electrons. The number of piperazine rings is 1. The highest BCUT2D eigenvalue weighted by atomic mass is 32.2. The van der Waals surface area contributed by atoms with Gasteiger partial charge in [-0.2, -0.15) is 5.10 Å². The van der Waals surface area contributed by atoms with Gasteiger partial charge in [-0.15, -0.1) is 0 Å². The SMILES string of the molecule is Cc1ccc(C)c(N2N=C(C(=O)N3CCN(C4CCS(=O)(=O)C4)CC3)CCC2=O)c1. The number of nitrogens with zero attached hydrogens (tertiary/aromatic N) is 4. The van der Waals surface area contributed by atoms with E-state index in [2.05, 4.69) is 10.0 Å². The van der Waals surface area contributed by atoms with E-state index in [4.69, 9.17) is 0 Å². The lowest BCUT2D eigenvalue weighted by Crippen LogP contribution is -2.54. The first-order valence-corrected chi connectivity index (χ1v) is 12.3. The molecule has 3 heterocycles. The molecule has 0 aromatic heterocycles. The van der Waals surface area contributed by atoms with E-state index in [1.807, 2.05) is 32.0 Å². The van der Waals surface area contributed by atoms with Crippen molar-refractivity contribution in [2.45, 2.75) is 39.2 Å². The van der Waals surface area contributed by atoms with Crippen LogP contribution >= 0.6 is 0 Å². The maximum atomic E-state index is 13.1. The number of carbonyl (C=O) groups excluding carboxylic acids is 2. The van der Waals surface area contributed by atoms with E-state index in [9.17, 15) is 18.0 Å². The van der Waals surface area contributed by atoms with Gasteiger partial charge in [-0.25, -0.2) is 13.4 Å². The van der Waals surface area contributed by atoms with Crippen LogP contribution in [0.2, 0.25) is 0 Å². The molecule has 4 rings (SSSR count). The van der Waals surface area contributed by atoms with Crippen molar-refractivity contribution in [3.8, 4) is 0 Å². The lowest BCUT2D eigenvalue weighted by atomic mass is 10.1. The fourth-order valence-corrected chi connectivity index (χ4v) is 6.14. The molecule has 1 aromatic rings. The standard InChI is InChI=1S/C21H28N4O4S/c1-15-3-4-16(2)19(13-15)25-20(26)6-5-18(22-25)21(27)24-10-8-23(9-11-24)17-7-12-30(28,29)14-17/h3-4,13,17H,5-12,14H2,1-2H3. The number of aryl methyl sites for hydroxylation is 2. The predicted molar refractivity (Wildman–Crippen MR) is 115 cm³/mol. The van der Waals surface area contributed by atoms with Crippen LogP contribution in [0.1, 0.15) is 30.4 Å². The van der Waals surface area contributed by atoms with Gasteiger partial charge in [0.1, 0.15) is 5.71 Å². The minimum Gasteiger partial charge on any atom is -0.335 e. The monoisotopic (exact) mass is 432 g/mol. The fraction of sp³-hybridized carbons (Fsp3) is 0.571. The zero-order valence-electron chi connectivity index (χ0n) is 17.5. The van der Waals surface area contributed by atoms with Crippen LogP contribution in [0.15, 0.2) is 23.3 Å². The predicted octanol–water partition coefficient (Wildman–Crippen LogP) is 1.12. The molecule has 1 aromatic carbocycles. The van der Waals surface area contributed by atoms with Crippen LogP contribution in [-0.2, 0) is 19.4 Å². The molecule has 8 nitrogen and oxygen atoms in total. The highest BCUT2D eigenvalue weighted by molar-refractivity contribution is 7.91. The van der Waals surface area contributed by atoms with E-state index in [-0.39, 0.29) is 35.8 Å². The molecular weight excluding hydrogens is 404 g/mol. The second kappa shape index (κ2) is 8.11. The van der Waals surface area contributed by atoms with Crippen molar-refractivity contribution in [1.82, 2.24) is 9.80 Å². The molecule has 3 aliphatic rings. The number of amides is 2. The number of benzene rings is 1. The molecule has 9 heteroatoms. The van der Waals surface area contributed by atoms with Crippen molar-refractivity contribution in [2.75, 3.05) is 42.7 Å². The molecule has 30 heavy (non-hydrogen) atoms. The zero-order chi connectivity index (χ0) is 21.5. The number of carbonyl (C=O) groups is 2. The van der Waals surface area contributed by atoms with Gasteiger partial charge in [0.25, 0.3) is 5.91 Å². The number of anilines is 1. The summed E-state index contributed by atoms with van der Waals surface area (Å²) < 4.78 is 23.5. The fourth-order valence-electron chi connectivity index (χ4n) is 4.38. The van der Waals surface area contributed by atoms with Crippen LogP contribution < -0.4 is 5.01 Å². The summed E-state index contributed by atoms with van der Waals surface area (Å²) in [5.41, 5.74) is 3.10. The van der Waals surface area contributed by atoms with Gasteiger partial charge >= 0.3 is 0 Å². The van der Waals surface area contributed by atoms with Crippen LogP contribution in [0, 0.1) is 13.8 Å². The molecule has 0 aliphatic carbocycles. The maximum absolute atomic E-state index is 13.1. The minimum atomic E-state index is -2.91. The van der Waals surface area contributed by atoms with Gasteiger partial charge in [0, 0.05) is 45.1 Å². The molecular formula is C21H28N4O4S. The van der Waals surface area contributed by atoms with Gasteiger partial charge in [-0.3, -0.25) is 14.5 Å². The van der Waals surface area contributed by atoms with Crippen molar-refractivity contribution in [3.63, 3.8) is 0 Å². The number of hydrazone groups is 1. The second-order valence-electron chi connectivity index (χ2n) is 8.43. The molecule has 2 fully saturated rings. The van der Waals surface area contributed by atoms with Crippen LogP contribution in [0.4, 0.5) is 5.69 Å². The van der Waals surface area contributed by atoms with Crippen molar-refractivity contribution in [3.05, 3.63) is 29.3 Å². The number of hydrogen-bond acceptors (Lipinski definition) is 6. The Morgan fingerprint density at radius 2 is 1.83 bits per heavy atom. The lowest BCUT2D eigenvalue weighted by Gasteiger charge is -2.38. The first-order valence-electron chi connectivity index (χ1n) is 10.4. The van der Waals surface area contributed by atoms with Crippen LogP contribution in [0.3, 0.4) is 0 Å². The summed E-state index contributed by atoms with van der Waals surface area (Å²) in [7, 11) is -2.91. The van der Waals surface area contributed by atoms with Crippen LogP contribution in [0.5, 0.6) is 0 Å². The molecule has 0 bridgehead atoms. The molecule has 3 aliphatic heterocycles. The maximum Gasteiger partial charge on any atom is 0.270 e. The van der Waals surface area contributed by atoms with E-state index < -0.39 is 9.84 Å². The average Bonchev–Trinajstić information content (AvgIpc) is 3.10. The van der Waals surface area contributed by atoms with E-state index >= 15 is 0 Å². The largest absolute Gasteiger partial charge is 0.335 e.